The van der Waals surface area contributed by atoms with Crippen molar-refractivity contribution in [3.63, 3.8) is 0 Å². The Hall–Kier alpha value is -1.19. The number of hydrogen-bond acceptors (Lipinski definition) is 2. The van der Waals surface area contributed by atoms with Gasteiger partial charge in [0.2, 0.25) is 0 Å². The third kappa shape index (κ3) is 3.65. The predicted octanol–water partition coefficient (Wildman–Crippen LogP) is 3.27. The first-order valence-electron chi connectivity index (χ1n) is 7.09. The molecule has 0 fully saturated rings. The maximum absolute atomic E-state index is 11.8. The molecule has 1 rings (SSSR count). The second-order valence-electron chi connectivity index (χ2n) is 5.06. The van der Waals surface area contributed by atoms with Crippen LogP contribution in [0.2, 0.25) is 0 Å². The van der Waals surface area contributed by atoms with Gasteiger partial charge >= 0.3 is 0 Å². The number of aromatic nitrogens is 2. The van der Waals surface area contributed by atoms with Gasteiger partial charge in [-0.3, -0.25) is 0 Å². The van der Waals surface area contributed by atoms with Crippen LogP contribution in [0.25, 0.3) is 0 Å². The van der Waals surface area contributed by atoms with Crippen LogP contribution in [-0.4, -0.2) is 9.94 Å². The maximum atomic E-state index is 11.8. The summed E-state index contributed by atoms with van der Waals surface area (Å²) >= 11 is 0. The topological polar surface area (TPSA) is 52.1 Å². The number of nitrogens with zero attached hydrogens (tertiary/aromatic N) is 2. The molecule has 0 aliphatic rings. The Kier molecular flexibility index (Phi) is 6.02. The fourth-order valence-electron chi connectivity index (χ4n) is 2.22. The fraction of sp³-hybridized carbons (Fsp3) is 0.786. The molecule has 0 bridgehead atoms. The summed E-state index contributed by atoms with van der Waals surface area (Å²) in [5.74, 6) is 0.471. The van der Waals surface area contributed by atoms with Crippen LogP contribution in [0.5, 0.6) is 0 Å². The van der Waals surface area contributed by atoms with Gasteiger partial charge in [-0.15, -0.1) is 0 Å². The van der Waals surface area contributed by atoms with Gasteiger partial charge in [0.15, 0.2) is 5.69 Å². The minimum atomic E-state index is 0.471. The molecular weight excluding hydrogens is 228 g/mol. The molecule has 1 heterocycles. The molecule has 104 valence electrons. The molecule has 1 aromatic rings. The minimum absolute atomic E-state index is 0.471. The van der Waals surface area contributed by atoms with E-state index < -0.39 is 0 Å². The van der Waals surface area contributed by atoms with Crippen molar-refractivity contribution < 1.29 is 9.94 Å². The Morgan fingerprint density at radius 1 is 1.06 bits per heavy atom. The second kappa shape index (κ2) is 7.29. The molecule has 0 atom stereocenters. The van der Waals surface area contributed by atoms with Gasteiger partial charge < -0.3 is 10.4 Å². The zero-order chi connectivity index (χ0) is 13.5. The summed E-state index contributed by atoms with van der Waals surface area (Å²) in [6.45, 7) is 5.72. The number of imidazole rings is 1. The normalized spacial score (nSPS) is 11.1. The Labute approximate surface area is 110 Å². The van der Waals surface area contributed by atoms with Crippen LogP contribution in [0.4, 0.5) is 0 Å². The van der Waals surface area contributed by atoms with Gasteiger partial charge in [0.1, 0.15) is 5.69 Å². The highest BCUT2D eigenvalue weighted by Crippen LogP contribution is 2.11. The van der Waals surface area contributed by atoms with Crippen LogP contribution >= 0.6 is 0 Å². The number of unbranched alkanes of at least 4 members (excludes halogenated alkanes) is 6. The Balaban J connectivity index is 2.30. The van der Waals surface area contributed by atoms with Gasteiger partial charge in [0.05, 0.1) is 6.42 Å². The van der Waals surface area contributed by atoms with E-state index in [4.69, 9.17) is 0 Å². The minimum Gasteiger partial charge on any atom is -0.710 e. The molecule has 0 saturated heterocycles. The average molecular weight is 254 g/mol. The molecular formula is C14H26N2O2. The largest absolute Gasteiger partial charge is 0.710 e. The summed E-state index contributed by atoms with van der Waals surface area (Å²) in [7, 11) is 0. The van der Waals surface area contributed by atoms with Crippen LogP contribution in [0, 0.1) is 19.1 Å². The zero-order valence-electron chi connectivity index (χ0n) is 11.9. The lowest BCUT2D eigenvalue weighted by atomic mass is 10.1. The summed E-state index contributed by atoms with van der Waals surface area (Å²) in [6, 6.07) is 0. The number of rotatable bonds is 8. The highest BCUT2D eigenvalue weighted by atomic mass is 16.5. The summed E-state index contributed by atoms with van der Waals surface area (Å²) in [5, 5.41) is 21.5. The van der Waals surface area contributed by atoms with Crippen LogP contribution in [-0.2, 0) is 6.42 Å². The molecule has 18 heavy (non-hydrogen) atoms. The fourth-order valence-corrected chi connectivity index (χ4v) is 2.22. The van der Waals surface area contributed by atoms with Crippen molar-refractivity contribution in [2.75, 3.05) is 0 Å². The van der Waals surface area contributed by atoms with Crippen molar-refractivity contribution in [3.05, 3.63) is 22.4 Å². The lowest BCUT2D eigenvalue weighted by Crippen LogP contribution is -2.33. The van der Waals surface area contributed by atoms with Crippen LogP contribution in [0.15, 0.2) is 0 Å². The lowest BCUT2D eigenvalue weighted by Gasteiger charge is -2.04. The predicted molar refractivity (Wildman–Crippen MR) is 71.7 cm³/mol. The van der Waals surface area contributed by atoms with E-state index in [0.717, 1.165) is 22.3 Å². The lowest BCUT2D eigenvalue weighted by molar-refractivity contribution is -0.621. The summed E-state index contributed by atoms with van der Waals surface area (Å²) in [4.78, 5) is 0. The Morgan fingerprint density at radius 2 is 1.61 bits per heavy atom. The van der Waals surface area contributed by atoms with E-state index >= 15 is 0 Å². The molecule has 0 amide bonds. The van der Waals surface area contributed by atoms with Crippen LogP contribution in [0.1, 0.15) is 69.1 Å². The monoisotopic (exact) mass is 254 g/mol. The van der Waals surface area contributed by atoms with Crippen LogP contribution in [0.3, 0.4) is 0 Å². The molecule has 0 unspecified atom stereocenters. The Bertz CT molecular complexity index is 347. The smallest absolute Gasteiger partial charge is 0.299 e. The van der Waals surface area contributed by atoms with Gasteiger partial charge in [-0.25, -0.2) is 4.73 Å². The zero-order valence-corrected chi connectivity index (χ0v) is 11.9. The molecule has 0 saturated carbocycles. The maximum Gasteiger partial charge on any atom is 0.299 e. The molecule has 0 spiro atoms. The van der Waals surface area contributed by atoms with E-state index in [1.807, 2.05) is 0 Å². The van der Waals surface area contributed by atoms with E-state index in [0.29, 0.717) is 23.6 Å². The quantitative estimate of drug-likeness (QED) is 0.335. The molecule has 0 aliphatic heterocycles. The summed E-state index contributed by atoms with van der Waals surface area (Å²) in [6.07, 6.45) is 9.16. The van der Waals surface area contributed by atoms with Gasteiger partial charge in [0.25, 0.3) is 5.82 Å². The average Bonchev–Trinajstić information content (AvgIpc) is 2.55. The van der Waals surface area contributed by atoms with Crippen molar-refractivity contribution in [1.82, 2.24) is 4.73 Å². The third-order valence-electron chi connectivity index (χ3n) is 3.63. The van der Waals surface area contributed by atoms with Crippen molar-refractivity contribution in [2.45, 2.75) is 72.1 Å². The van der Waals surface area contributed by atoms with Crippen molar-refractivity contribution in [2.24, 2.45) is 0 Å². The van der Waals surface area contributed by atoms with Gasteiger partial charge in [-0.2, -0.15) is 0 Å². The van der Waals surface area contributed by atoms with E-state index in [2.05, 4.69) is 6.92 Å². The standard InChI is InChI=1S/C14H26N2O2/c1-4-5-6-7-8-9-10-11-14-15(17)12(2)13(3)16(14)18/h17H,4-11H2,1-3H3. The third-order valence-corrected chi connectivity index (χ3v) is 3.63. The molecule has 0 aliphatic carbocycles. The van der Waals surface area contributed by atoms with E-state index in [-0.39, 0.29) is 0 Å². The summed E-state index contributed by atoms with van der Waals surface area (Å²) in [5.41, 5.74) is 1.23. The van der Waals surface area contributed by atoms with Crippen molar-refractivity contribution in [3.8, 4) is 0 Å². The van der Waals surface area contributed by atoms with Crippen LogP contribution < -0.4 is 4.73 Å². The highest BCUT2D eigenvalue weighted by Gasteiger charge is 2.20. The number of hydrogen-bond donors (Lipinski definition) is 1. The van der Waals surface area contributed by atoms with Crippen molar-refractivity contribution in [1.29, 1.82) is 0 Å². The molecule has 1 N–H and O–H groups in total. The summed E-state index contributed by atoms with van der Waals surface area (Å²) < 4.78 is 1.89. The molecule has 4 nitrogen and oxygen atoms in total. The molecule has 0 radical (unpaired) electrons. The highest BCUT2D eigenvalue weighted by molar-refractivity contribution is 5.05. The Morgan fingerprint density at radius 3 is 2.11 bits per heavy atom. The molecule has 4 heteroatoms. The van der Waals surface area contributed by atoms with Gasteiger partial charge in [-0.1, -0.05) is 45.4 Å². The van der Waals surface area contributed by atoms with Gasteiger partial charge in [0, 0.05) is 13.8 Å². The second-order valence-corrected chi connectivity index (χ2v) is 5.06. The molecule has 1 aromatic heterocycles. The molecule has 0 aromatic carbocycles. The van der Waals surface area contributed by atoms with E-state index in [1.54, 1.807) is 13.8 Å². The first-order chi connectivity index (χ1) is 8.59. The van der Waals surface area contributed by atoms with Gasteiger partial charge in [-0.05, 0) is 11.2 Å². The van der Waals surface area contributed by atoms with E-state index in [9.17, 15) is 10.4 Å². The van der Waals surface area contributed by atoms with Crippen molar-refractivity contribution >= 4 is 0 Å². The SMILES string of the molecule is CCCCCCCCCc1n(O)c(C)c(C)[n+]1[O-]. The van der Waals surface area contributed by atoms with E-state index in [1.165, 1.54) is 32.1 Å². The first-order valence-corrected chi connectivity index (χ1v) is 7.09. The first kappa shape index (κ1) is 14.9.